The van der Waals surface area contributed by atoms with E-state index in [0.29, 0.717) is 30.0 Å². The highest BCUT2D eigenvalue weighted by Crippen LogP contribution is 2.20. The van der Waals surface area contributed by atoms with Crippen molar-refractivity contribution in [1.82, 2.24) is 15.6 Å². The quantitative estimate of drug-likeness (QED) is 0.223. The number of rotatable bonds is 8. The Kier molecular flexibility index (Phi) is 10.4. The fourth-order valence-corrected chi connectivity index (χ4v) is 2.35. The SMILES string of the molecule is CCNC(=NCC(C)(O)c1ccccc1)NCCOc1ccc(Cl)cn1.I. The number of benzene rings is 1. The first-order valence-electron chi connectivity index (χ1n) is 8.55. The van der Waals surface area contributed by atoms with Crippen LogP contribution in [0.15, 0.2) is 53.7 Å². The van der Waals surface area contributed by atoms with Crippen LogP contribution in [-0.4, -0.2) is 42.3 Å². The lowest BCUT2D eigenvalue weighted by molar-refractivity contribution is 0.0672. The Hall–Kier alpha value is -1.58. The topological polar surface area (TPSA) is 78.8 Å². The number of pyridine rings is 1. The number of guanidine groups is 1. The molecule has 0 aliphatic rings. The van der Waals surface area contributed by atoms with E-state index in [1.807, 2.05) is 37.3 Å². The maximum Gasteiger partial charge on any atom is 0.213 e. The Bertz CT molecular complexity index is 697. The minimum Gasteiger partial charge on any atom is -0.476 e. The molecule has 3 N–H and O–H groups in total. The van der Waals surface area contributed by atoms with Crippen LogP contribution in [0.4, 0.5) is 0 Å². The van der Waals surface area contributed by atoms with Crippen LogP contribution in [0.5, 0.6) is 5.88 Å². The second kappa shape index (κ2) is 12.0. The standard InChI is InChI=1S/C19H25ClN4O2.HI/c1-3-21-18(22-11-12-26-17-10-9-16(20)13-23-17)24-14-19(2,25)15-7-5-4-6-8-15;/h4-10,13,25H,3,11-12,14H2,1-2H3,(H2,21,22,24);1H. The molecule has 8 heteroatoms. The number of halogens is 2. The molecule has 0 radical (unpaired) electrons. The summed E-state index contributed by atoms with van der Waals surface area (Å²) < 4.78 is 5.54. The zero-order chi connectivity index (χ0) is 18.8. The van der Waals surface area contributed by atoms with Crippen LogP contribution in [0.3, 0.4) is 0 Å². The third-order valence-electron chi connectivity index (χ3n) is 3.63. The molecule has 1 atom stereocenters. The van der Waals surface area contributed by atoms with Gasteiger partial charge in [-0.05, 0) is 25.5 Å². The van der Waals surface area contributed by atoms with Crippen molar-refractivity contribution in [2.45, 2.75) is 19.4 Å². The molecule has 1 aromatic heterocycles. The first kappa shape index (κ1) is 23.5. The molecule has 0 spiro atoms. The van der Waals surface area contributed by atoms with Crippen molar-refractivity contribution in [3.05, 3.63) is 59.2 Å². The number of aliphatic imine (C=N–C) groups is 1. The van der Waals surface area contributed by atoms with E-state index in [4.69, 9.17) is 16.3 Å². The summed E-state index contributed by atoms with van der Waals surface area (Å²) >= 11 is 5.79. The Morgan fingerprint density at radius 2 is 1.96 bits per heavy atom. The summed E-state index contributed by atoms with van der Waals surface area (Å²) in [4.78, 5) is 8.55. The predicted molar refractivity (Wildman–Crippen MR) is 120 cm³/mol. The van der Waals surface area contributed by atoms with Gasteiger partial charge in [0.1, 0.15) is 12.2 Å². The van der Waals surface area contributed by atoms with E-state index in [1.165, 1.54) is 0 Å². The smallest absolute Gasteiger partial charge is 0.213 e. The van der Waals surface area contributed by atoms with Crippen LogP contribution in [-0.2, 0) is 5.60 Å². The van der Waals surface area contributed by atoms with E-state index in [-0.39, 0.29) is 30.5 Å². The molecule has 0 amide bonds. The summed E-state index contributed by atoms with van der Waals surface area (Å²) in [6.45, 7) is 5.67. The Morgan fingerprint density at radius 3 is 2.59 bits per heavy atom. The van der Waals surface area contributed by atoms with Gasteiger partial charge in [-0.3, -0.25) is 0 Å². The van der Waals surface area contributed by atoms with E-state index < -0.39 is 5.60 Å². The largest absolute Gasteiger partial charge is 0.476 e. The molecule has 27 heavy (non-hydrogen) atoms. The van der Waals surface area contributed by atoms with Gasteiger partial charge in [-0.2, -0.15) is 0 Å². The number of nitrogens with zero attached hydrogens (tertiary/aromatic N) is 2. The fourth-order valence-electron chi connectivity index (χ4n) is 2.24. The first-order valence-corrected chi connectivity index (χ1v) is 8.93. The monoisotopic (exact) mass is 504 g/mol. The van der Waals surface area contributed by atoms with Crippen LogP contribution < -0.4 is 15.4 Å². The van der Waals surface area contributed by atoms with Gasteiger partial charge >= 0.3 is 0 Å². The van der Waals surface area contributed by atoms with Gasteiger partial charge in [-0.15, -0.1) is 24.0 Å². The van der Waals surface area contributed by atoms with Crippen LogP contribution >= 0.6 is 35.6 Å². The first-order chi connectivity index (χ1) is 12.5. The Labute approximate surface area is 182 Å². The summed E-state index contributed by atoms with van der Waals surface area (Å²) in [5.74, 6) is 1.14. The zero-order valence-corrected chi connectivity index (χ0v) is 18.6. The van der Waals surface area contributed by atoms with Crippen molar-refractivity contribution in [2.75, 3.05) is 26.2 Å². The maximum atomic E-state index is 10.6. The number of hydrogen-bond donors (Lipinski definition) is 3. The average Bonchev–Trinajstić information content (AvgIpc) is 2.65. The third-order valence-corrected chi connectivity index (χ3v) is 3.85. The fraction of sp³-hybridized carbons (Fsp3) is 0.368. The van der Waals surface area contributed by atoms with E-state index in [2.05, 4.69) is 20.6 Å². The molecule has 0 saturated heterocycles. The van der Waals surface area contributed by atoms with Gasteiger partial charge in [0, 0.05) is 18.8 Å². The molecule has 0 fully saturated rings. The molecule has 148 valence electrons. The van der Waals surface area contributed by atoms with Crippen molar-refractivity contribution in [3.63, 3.8) is 0 Å². The molecule has 2 rings (SSSR count). The lowest BCUT2D eigenvalue weighted by Gasteiger charge is -2.22. The van der Waals surface area contributed by atoms with Crippen molar-refractivity contribution in [3.8, 4) is 5.88 Å². The molecule has 1 aromatic carbocycles. The number of aromatic nitrogens is 1. The Morgan fingerprint density at radius 1 is 1.22 bits per heavy atom. The normalized spacial score (nSPS) is 13.3. The second-order valence-corrected chi connectivity index (χ2v) is 6.36. The highest BCUT2D eigenvalue weighted by atomic mass is 127. The summed E-state index contributed by atoms with van der Waals surface area (Å²) in [6.07, 6.45) is 1.54. The minimum absolute atomic E-state index is 0. The zero-order valence-electron chi connectivity index (χ0n) is 15.5. The van der Waals surface area contributed by atoms with E-state index >= 15 is 0 Å². The van der Waals surface area contributed by atoms with Gasteiger partial charge in [-0.1, -0.05) is 41.9 Å². The van der Waals surface area contributed by atoms with E-state index in [1.54, 1.807) is 25.3 Å². The lowest BCUT2D eigenvalue weighted by atomic mass is 9.96. The highest BCUT2D eigenvalue weighted by Gasteiger charge is 2.22. The van der Waals surface area contributed by atoms with Crippen molar-refractivity contribution in [2.24, 2.45) is 4.99 Å². The van der Waals surface area contributed by atoms with Gasteiger partial charge in [0.05, 0.1) is 18.1 Å². The van der Waals surface area contributed by atoms with Gasteiger partial charge in [0.15, 0.2) is 5.96 Å². The second-order valence-electron chi connectivity index (χ2n) is 5.92. The number of hydrogen-bond acceptors (Lipinski definition) is 4. The van der Waals surface area contributed by atoms with Crippen LogP contribution in [0.2, 0.25) is 5.02 Å². The molecular weight excluding hydrogens is 479 g/mol. The summed E-state index contributed by atoms with van der Waals surface area (Å²) in [5, 5.41) is 17.5. The van der Waals surface area contributed by atoms with Crippen molar-refractivity contribution in [1.29, 1.82) is 0 Å². The van der Waals surface area contributed by atoms with E-state index in [9.17, 15) is 5.11 Å². The Balaban J connectivity index is 0.00000364. The van der Waals surface area contributed by atoms with Crippen LogP contribution in [0.1, 0.15) is 19.4 Å². The summed E-state index contributed by atoms with van der Waals surface area (Å²) in [5.41, 5.74) is -0.204. The molecule has 0 aliphatic carbocycles. The van der Waals surface area contributed by atoms with Gasteiger partial charge in [0.25, 0.3) is 0 Å². The molecule has 1 unspecified atom stereocenters. The number of aliphatic hydroxyl groups is 1. The molecular formula is C19H26ClIN4O2. The number of nitrogens with one attached hydrogen (secondary N) is 2. The minimum atomic E-state index is -1.03. The van der Waals surface area contributed by atoms with Crippen LogP contribution in [0.25, 0.3) is 0 Å². The molecule has 1 heterocycles. The molecule has 0 bridgehead atoms. The summed E-state index contributed by atoms with van der Waals surface area (Å²) in [6, 6.07) is 13.0. The van der Waals surface area contributed by atoms with E-state index in [0.717, 1.165) is 12.1 Å². The van der Waals surface area contributed by atoms with Gasteiger partial charge in [-0.25, -0.2) is 9.98 Å². The molecule has 6 nitrogen and oxygen atoms in total. The van der Waals surface area contributed by atoms with Crippen molar-refractivity contribution < 1.29 is 9.84 Å². The maximum absolute atomic E-state index is 10.6. The molecule has 2 aromatic rings. The van der Waals surface area contributed by atoms with Crippen molar-refractivity contribution >= 4 is 41.5 Å². The predicted octanol–water partition coefficient (Wildman–Crippen LogP) is 3.19. The molecule has 0 saturated carbocycles. The van der Waals surface area contributed by atoms with Gasteiger partial charge < -0.3 is 20.5 Å². The average molecular weight is 505 g/mol. The molecule has 0 aliphatic heterocycles. The number of ether oxygens (including phenoxy) is 1. The summed E-state index contributed by atoms with van der Waals surface area (Å²) in [7, 11) is 0. The third kappa shape index (κ3) is 8.32. The highest BCUT2D eigenvalue weighted by molar-refractivity contribution is 14.0. The van der Waals surface area contributed by atoms with Gasteiger partial charge in [0.2, 0.25) is 5.88 Å². The van der Waals surface area contributed by atoms with Crippen LogP contribution in [0, 0.1) is 0 Å². The lowest BCUT2D eigenvalue weighted by Crippen LogP contribution is -2.40.